The number of anilines is 1. The second kappa shape index (κ2) is 8.96. The lowest BCUT2D eigenvalue weighted by Gasteiger charge is -2.11. The Morgan fingerprint density at radius 1 is 1.30 bits per heavy atom. The molecule has 11 heteroatoms. The minimum Gasteiger partial charge on any atom is -0.348 e. The standard InChI is InChI=1S/C19H15F4N3O3S/c1-3-14-8-13(9-15(20)18(14)26-30(2,28)29)11-25-17(27)7-5-12-4-6-16(24-10-12)19(21,22)23/h1,4-10,26H,11H2,2H3,(H,25,27)/b7-5+. The number of hydrogen-bond acceptors (Lipinski definition) is 4. The number of carbonyl (C=O) groups excluding carboxylic acids is 1. The van der Waals surface area contributed by atoms with Crippen LogP contribution in [0.4, 0.5) is 23.2 Å². The van der Waals surface area contributed by atoms with Crippen molar-refractivity contribution in [2.45, 2.75) is 12.7 Å². The van der Waals surface area contributed by atoms with Gasteiger partial charge in [0.15, 0.2) is 0 Å². The summed E-state index contributed by atoms with van der Waals surface area (Å²) in [7, 11) is -3.75. The second-order valence-electron chi connectivity index (χ2n) is 6.04. The van der Waals surface area contributed by atoms with E-state index in [1.807, 2.05) is 4.72 Å². The Hall–Kier alpha value is -3.39. The highest BCUT2D eigenvalue weighted by Gasteiger charge is 2.31. The highest BCUT2D eigenvalue weighted by Crippen LogP contribution is 2.27. The van der Waals surface area contributed by atoms with Crippen LogP contribution in [0.2, 0.25) is 0 Å². The van der Waals surface area contributed by atoms with Crippen LogP contribution in [-0.4, -0.2) is 25.6 Å². The maximum absolute atomic E-state index is 14.2. The van der Waals surface area contributed by atoms with Crippen LogP contribution in [0, 0.1) is 18.2 Å². The van der Waals surface area contributed by atoms with E-state index >= 15 is 0 Å². The number of amides is 1. The molecular formula is C19H15F4N3O3S. The van der Waals surface area contributed by atoms with Crippen molar-refractivity contribution in [3.05, 3.63) is 64.7 Å². The Balaban J connectivity index is 2.05. The van der Waals surface area contributed by atoms with Gasteiger partial charge in [-0.2, -0.15) is 13.2 Å². The number of nitrogens with one attached hydrogen (secondary N) is 2. The van der Waals surface area contributed by atoms with Gasteiger partial charge in [0, 0.05) is 18.8 Å². The van der Waals surface area contributed by atoms with Crippen molar-refractivity contribution in [1.29, 1.82) is 0 Å². The number of nitrogens with zero attached hydrogens (tertiary/aromatic N) is 1. The average molecular weight is 441 g/mol. The summed E-state index contributed by atoms with van der Waals surface area (Å²) < 4.78 is 76.2. The summed E-state index contributed by atoms with van der Waals surface area (Å²) in [6.45, 7) is -0.126. The van der Waals surface area contributed by atoms with Crippen molar-refractivity contribution in [2.24, 2.45) is 0 Å². The number of aromatic nitrogens is 1. The molecule has 2 rings (SSSR count). The highest BCUT2D eigenvalue weighted by atomic mass is 32.2. The zero-order valence-corrected chi connectivity index (χ0v) is 16.2. The van der Waals surface area contributed by atoms with E-state index in [9.17, 15) is 30.8 Å². The summed E-state index contributed by atoms with van der Waals surface area (Å²) in [6, 6.07) is 4.29. The SMILES string of the molecule is C#Cc1cc(CNC(=O)/C=C/c2ccc(C(F)(F)F)nc2)cc(F)c1NS(C)(=O)=O. The molecule has 0 saturated carbocycles. The van der Waals surface area contributed by atoms with Crippen LogP contribution in [-0.2, 0) is 27.5 Å². The number of terminal acetylenes is 1. The maximum atomic E-state index is 14.2. The van der Waals surface area contributed by atoms with Gasteiger partial charge >= 0.3 is 6.18 Å². The predicted octanol–water partition coefficient (Wildman–Crippen LogP) is 2.92. The summed E-state index contributed by atoms with van der Waals surface area (Å²) >= 11 is 0. The summed E-state index contributed by atoms with van der Waals surface area (Å²) in [6.07, 6.45) is 4.87. The fourth-order valence-electron chi connectivity index (χ4n) is 2.26. The zero-order chi connectivity index (χ0) is 22.5. The number of halogens is 4. The molecule has 0 bridgehead atoms. The number of carbonyl (C=O) groups is 1. The third-order valence-electron chi connectivity index (χ3n) is 3.56. The van der Waals surface area contributed by atoms with Gasteiger partial charge < -0.3 is 5.32 Å². The molecule has 0 radical (unpaired) electrons. The fraction of sp³-hybridized carbons (Fsp3) is 0.158. The monoisotopic (exact) mass is 441 g/mol. The Bertz CT molecular complexity index is 1120. The smallest absolute Gasteiger partial charge is 0.348 e. The molecule has 30 heavy (non-hydrogen) atoms. The van der Waals surface area contributed by atoms with E-state index in [4.69, 9.17) is 6.42 Å². The van der Waals surface area contributed by atoms with Crippen molar-refractivity contribution in [3.63, 3.8) is 0 Å². The Morgan fingerprint density at radius 3 is 2.53 bits per heavy atom. The Morgan fingerprint density at radius 2 is 2.00 bits per heavy atom. The molecule has 0 unspecified atom stereocenters. The fourth-order valence-corrected chi connectivity index (χ4v) is 2.84. The lowest BCUT2D eigenvalue weighted by Crippen LogP contribution is -2.20. The molecular weight excluding hydrogens is 426 g/mol. The molecule has 0 saturated heterocycles. The summed E-state index contributed by atoms with van der Waals surface area (Å²) in [5.41, 5.74) is -0.919. The molecule has 0 aliphatic heterocycles. The van der Waals surface area contributed by atoms with Gasteiger partial charge in [0.25, 0.3) is 0 Å². The van der Waals surface area contributed by atoms with Crippen LogP contribution in [0.25, 0.3) is 6.08 Å². The molecule has 1 heterocycles. The molecule has 2 aromatic rings. The lowest BCUT2D eigenvalue weighted by atomic mass is 10.1. The van der Waals surface area contributed by atoms with Gasteiger partial charge in [0.05, 0.1) is 17.5 Å². The molecule has 0 spiro atoms. The van der Waals surface area contributed by atoms with Crippen molar-refractivity contribution in [2.75, 3.05) is 11.0 Å². The molecule has 1 aromatic heterocycles. The largest absolute Gasteiger partial charge is 0.433 e. The Kier molecular flexibility index (Phi) is 6.84. The topological polar surface area (TPSA) is 88.2 Å². The lowest BCUT2D eigenvalue weighted by molar-refractivity contribution is -0.141. The molecule has 0 aliphatic carbocycles. The minimum absolute atomic E-state index is 0.0453. The molecule has 2 N–H and O–H groups in total. The van der Waals surface area contributed by atoms with Crippen LogP contribution < -0.4 is 10.0 Å². The number of benzene rings is 1. The van der Waals surface area contributed by atoms with E-state index in [0.717, 1.165) is 36.7 Å². The number of sulfonamides is 1. The highest BCUT2D eigenvalue weighted by molar-refractivity contribution is 7.92. The van der Waals surface area contributed by atoms with Crippen molar-refractivity contribution >= 4 is 27.7 Å². The van der Waals surface area contributed by atoms with Gasteiger partial charge in [0.2, 0.25) is 15.9 Å². The molecule has 0 fully saturated rings. The first-order valence-corrected chi connectivity index (χ1v) is 10.0. The third kappa shape index (κ3) is 6.59. The van der Waals surface area contributed by atoms with Crippen LogP contribution in [0.1, 0.15) is 22.4 Å². The molecule has 0 aliphatic rings. The van der Waals surface area contributed by atoms with Crippen LogP contribution in [0.5, 0.6) is 0 Å². The second-order valence-corrected chi connectivity index (χ2v) is 7.79. The third-order valence-corrected chi connectivity index (χ3v) is 4.14. The van der Waals surface area contributed by atoms with E-state index in [0.29, 0.717) is 0 Å². The van der Waals surface area contributed by atoms with Crippen molar-refractivity contribution < 1.29 is 30.8 Å². The van der Waals surface area contributed by atoms with Crippen LogP contribution >= 0.6 is 0 Å². The maximum Gasteiger partial charge on any atom is 0.433 e. The molecule has 1 amide bonds. The van der Waals surface area contributed by atoms with Gasteiger partial charge in [-0.3, -0.25) is 14.5 Å². The number of alkyl halides is 3. The first-order chi connectivity index (χ1) is 13.9. The van der Waals surface area contributed by atoms with Gasteiger partial charge in [0.1, 0.15) is 11.5 Å². The van der Waals surface area contributed by atoms with E-state index in [1.165, 1.54) is 12.1 Å². The first kappa shape index (κ1) is 22.9. The van der Waals surface area contributed by atoms with Crippen LogP contribution in [0.15, 0.2) is 36.5 Å². The van der Waals surface area contributed by atoms with E-state index in [-0.39, 0.29) is 28.9 Å². The molecule has 6 nitrogen and oxygen atoms in total. The van der Waals surface area contributed by atoms with Gasteiger partial charge in [-0.05, 0) is 35.4 Å². The van der Waals surface area contributed by atoms with Crippen molar-refractivity contribution in [3.8, 4) is 12.3 Å². The van der Waals surface area contributed by atoms with Crippen LogP contribution in [0.3, 0.4) is 0 Å². The van der Waals surface area contributed by atoms with E-state index in [1.54, 1.807) is 0 Å². The quantitative estimate of drug-likeness (QED) is 0.410. The minimum atomic E-state index is -4.56. The molecule has 1 aromatic carbocycles. The summed E-state index contributed by atoms with van der Waals surface area (Å²) in [5.74, 6) is 0.656. The number of pyridine rings is 1. The summed E-state index contributed by atoms with van der Waals surface area (Å²) in [4.78, 5) is 15.2. The van der Waals surface area contributed by atoms with Gasteiger partial charge in [-0.1, -0.05) is 12.0 Å². The number of rotatable bonds is 6. The first-order valence-electron chi connectivity index (χ1n) is 8.15. The average Bonchev–Trinajstić information content (AvgIpc) is 2.65. The normalized spacial score (nSPS) is 11.9. The van der Waals surface area contributed by atoms with E-state index in [2.05, 4.69) is 16.2 Å². The molecule has 158 valence electrons. The zero-order valence-electron chi connectivity index (χ0n) is 15.4. The predicted molar refractivity (Wildman–Crippen MR) is 103 cm³/mol. The van der Waals surface area contributed by atoms with Gasteiger partial charge in [-0.25, -0.2) is 12.8 Å². The summed E-state index contributed by atoms with van der Waals surface area (Å²) in [5, 5.41) is 2.45. The van der Waals surface area contributed by atoms with E-state index < -0.39 is 33.6 Å². The van der Waals surface area contributed by atoms with Gasteiger partial charge in [-0.15, -0.1) is 6.42 Å². The Labute approximate surface area is 170 Å². The number of hydrogen-bond donors (Lipinski definition) is 2. The molecule has 0 atom stereocenters. The van der Waals surface area contributed by atoms with Crippen molar-refractivity contribution in [1.82, 2.24) is 10.3 Å².